The molecular formula is C15H15N3. The maximum atomic E-state index is 4.58. The van der Waals surface area contributed by atoms with Crippen molar-refractivity contribution in [1.82, 2.24) is 14.6 Å². The lowest BCUT2D eigenvalue weighted by Crippen LogP contribution is -1.93. The van der Waals surface area contributed by atoms with Gasteiger partial charge in [-0.1, -0.05) is 31.2 Å². The van der Waals surface area contributed by atoms with Crippen molar-refractivity contribution in [2.24, 2.45) is 0 Å². The van der Waals surface area contributed by atoms with E-state index >= 15 is 0 Å². The summed E-state index contributed by atoms with van der Waals surface area (Å²) in [6.07, 6.45) is 3.01. The quantitative estimate of drug-likeness (QED) is 0.684. The van der Waals surface area contributed by atoms with E-state index in [1.165, 1.54) is 5.56 Å². The maximum absolute atomic E-state index is 4.58. The van der Waals surface area contributed by atoms with Gasteiger partial charge in [-0.15, -0.1) is 0 Å². The second kappa shape index (κ2) is 4.26. The summed E-state index contributed by atoms with van der Waals surface area (Å²) in [5.41, 5.74) is 5.34. The van der Waals surface area contributed by atoms with Gasteiger partial charge in [0.2, 0.25) is 0 Å². The molecule has 0 aliphatic carbocycles. The molecule has 0 aliphatic heterocycles. The van der Waals surface area contributed by atoms with Crippen LogP contribution in [0.5, 0.6) is 0 Å². The lowest BCUT2D eigenvalue weighted by atomic mass is 10.1. The maximum Gasteiger partial charge on any atom is 0.153 e. The van der Waals surface area contributed by atoms with E-state index in [-0.39, 0.29) is 0 Å². The minimum absolute atomic E-state index is 0.890. The third-order valence-corrected chi connectivity index (χ3v) is 3.10. The van der Waals surface area contributed by atoms with Gasteiger partial charge in [0.1, 0.15) is 0 Å². The van der Waals surface area contributed by atoms with Crippen LogP contribution in [0.1, 0.15) is 18.2 Å². The highest BCUT2D eigenvalue weighted by Gasteiger charge is 2.03. The molecule has 0 bridgehead atoms. The van der Waals surface area contributed by atoms with Gasteiger partial charge in [0.15, 0.2) is 5.65 Å². The third-order valence-electron chi connectivity index (χ3n) is 3.10. The van der Waals surface area contributed by atoms with Crippen molar-refractivity contribution in [2.75, 3.05) is 0 Å². The fourth-order valence-electron chi connectivity index (χ4n) is 2.07. The van der Waals surface area contributed by atoms with Gasteiger partial charge in [-0.3, -0.25) is 0 Å². The van der Waals surface area contributed by atoms with Crippen LogP contribution in [-0.4, -0.2) is 14.6 Å². The van der Waals surface area contributed by atoms with Gasteiger partial charge in [-0.2, -0.15) is 5.10 Å². The Bertz CT molecular complexity index is 681. The van der Waals surface area contributed by atoms with Crippen LogP contribution in [0.25, 0.3) is 16.9 Å². The van der Waals surface area contributed by atoms with Gasteiger partial charge in [0, 0.05) is 5.56 Å². The SMILES string of the molecule is CCc1ccc(-c2ccc3nc(C)cn3n2)cc1. The second-order valence-corrected chi connectivity index (χ2v) is 4.45. The Balaban J connectivity index is 2.06. The van der Waals surface area contributed by atoms with Gasteiger partial charge in [0.25, 0.3) is 0 Å². The number of aryl methyl sites for hydroxylation is 2. The number of aromatic nitrogens is 3. The van der Waals surface area contributed by atoms with Crippen LogP contribution < -0.4 is 0 Å². The Morgan fingerprint density at radius 2 is 1.83 bits per heavy atom. The van der Waals surface area contributed by atoms with Crippen molar-refractivity contribution in [3.8, 4) is 11.3 Å². The van der Waals surface area contributed by atoms with Gasteiger partial charge in [0.05, 0.1) is 17.6 Å². The topological polar surface area (TPSA) is 30.2 Å². The number of hydrogen-bond donors (Lipinski definition) is 0. The molecule has 0 atom stereocenters. The number of rotatable bonds is 2. The van der Waals surface area contributed by atoms with Crippen molar-refractivity contribution in [1.29, 1.82) is 0 Å². The third kappa shape index (κ3) is 1.88. The fourth-order valence-corrected chi connectivity index (χ4v) is 2.07. The molecule has 90 valence electrons. The Morgan fingerprint density at radius 3 is 2.56 bits per heavy atom. The zero-order chi connectivity index (χ0) is 12.5. The Morgan fingerprint density at radius 1 is 1.06 bits per heavy atom. The molecule has 0 aliphatic rings. The molecular weight excluding hydrogens is 222 g/mol. The van der Waals surface area contributed by atoms with Crippen LogP contribution in [0.15, 0.2) is 42.6 Å². The average Bonchev–Trinajstić information content (AvgIpc) is 2.78. The Kier molecular flexibility index (Phi) is 2.59. The van der Waals surface area contributed by atoms with E-state index in [2.05, 4.69) is 41.3 Å². The lowest BCUT2D eigenvalue weighted by molar-refractivity contribution is 0.941. The number of fused-ring (bicyclic) bond motifs is 1. The number of imidazole rings is 1. The summed E-state index contributed by atoms with van der Waals surface area (Å²) in [7, 11) is 0. The normalized spacial score (nSPS) is 11.0. The molecule has 3 rings (SSSR count). The summed E-state index contributed by atoms with van der Waals surface area (Å²) >= 11 is 0. The molecule has 3 nitrogen and oxygen atoms in total. The zero-order valence-electron chi connectivity index (χ0n) is 10.6. The molecule has 2 aromatic heterocycles. The highest BCUT2D eigenvalue weighted by Crippen LogP contribution is 2.18. The smallest absolute Gasteiger partial charge is 0.153 e. The van der Waals surface area contributed by atoms with Crippen LogP contribution in [0.4, 0.5) is 0 Å². The highest BCUT2D eigenvalue weighted by atomic mass is 15.2. The second-order valence-electron chi connectivity index (χ2n) is 4.45. The summed E-state index contributed by atoms with van der Waals surface area (Å²) < 4.78 is 1.83. The lowest BCUT2D eigenvalue weighted by Gasteiger charge is -2.02. The summed E-state index contributed by atoms with van der Waals surface area (Å²) in [5.74, 6) is 0. The first-order chi connectivity index (χ1) is 8.76. The highest BCUT2D eigenvalue weighted by molar-refractivity contribution is 5.60. The van der Waals surface area contributed by atoms with Crippen molar-refractivity contribution in [3.05, 3.63) is 53.9 Å². The predicted octanol–water partition coefficient (Wildman–Crippen LogP) is 3.27. The number of nitrogens with zero attached hydrogens (tertiary/aromatic N) is 3. The van der Waals surface area contributed by atoms with Crippen LogP contribution in [0.2, 0.25) is 0 Å². The Hall–Kier alpha value is -2.16. The van der Waals surface area contributed by atoms with Crippen LogP contribution in [0.3, 0.4) is 0 Å². The molecule has 0 amide bonds. The van der Waals surface area contributed by atoms with Gasteiger partial charge in [-0.05, 0) is 31.0 Å². The first-order valence-corrected chi connectivity index (χ1v) is 6.18. The number of benzene rings is 1. The van der Waals surface area contributed by atoms with Crippen LogP contribution >= 0.6 is 0 Å². The van der Waals surface area contributed by atoms with E-state index in [0.29, 0.717) is 0 Å². The largest absolute Gasteiger partial charge is 0.232 e. The molecule has 18 heavy (non-hydrogen) atoms. The molecule has 0 saturated carbocycles. The molecule has 2 heterocycles. The van der Waals surface area contributed by atoms with E-state index in [1.807, 2.05) is 29.8 Å². The van der Waals surface area contributed by atoms with Gasteiger partial charge < -0.3 is 0 Å². The summed E-state index contributed by atoms with van der Waals surface area (Å²) in [5, 5.41) is 4.58. The van der Waals surface area contributed by atoms with Gasteiger partial charge in [-0.25, -0.2) is 9.50 Å². The molecule has 3 heteroatoms. The molecule has 0 N–H and O–H groups in total. The molecule has 0 unspecified atom stereocenters. The molecule has 0 radical (unpaired) electrons. The van der Waals surface area contributed by atoms with E-state index in [9.17, 15) is 0 Å². The van der Waals surface area contributed by atoms with Gasteiger partial charge >= 0.3 is 0 Å². The molecule has 0 fully saturated rings. The minimum atomic E-state index is 0.890. The zero-order valence-corrected chi connectivity index (χ0v) is 10.6. The minimum Gasteiger partial charge on any atom is -0.232 e. The first-order valence-electron chi connectivity index (χ1n) is 6.18. The van der Waals surface area contributed by atoms with Crippen LogP contribution in [-0.2, 0) is 6.42 Å². The monoisotopic (exact) mass is 237 g/mol. The number of hydrogen-bond acceptors (Lipinski definition) is 2. The summed E-state index contributed by atoms with van der Waals surface area (Å²) in [6, 6.07) is 12.6. The van der Waals surface area contributed by atoms with Crippen molar-refractivity contribution in [3.63, 3.8) is 0 Å². The van der Waals surface area contributed by atoms with Crippen LogP contribution in [0, 0.1) is 6.92 Å². The standard InChI is InChI=1S/C15H15N3/c1-3-12-4-6-13(7-5-12)14-8-9-15-16-11(2)10-18(15)17-14/h4-10H,3H2,1-2H3. The van der Waals surface area contributed by atoms with Crippen molar-refractivity contribution < 1.29 is 0 Å². The van der Waals surface area contributed by atoms with E-state index < -0.39 is 0 Å². The molecule has 1 aromatic carbocycles. The average molecular weight is 237 g/mol. The molecule has 0 spiro atoms. The molecule has 0 saturated heterocycles. The fraction of sp³-hybridized carbons (Fsp3) is 0.200. The summed E-state index contributed by atoms with van der Waals surface area (Å²) in [6.45, 7) is 4.14. The van der Waals surface area contributed by atoms with Crippen molar-refractivity contribution >= 4 is 5.65 Å². The predicted molar refractivity (Wildman–Crippen MR) is 72.5 cm³/mol. The van der Waals surface area contributed by atoms with E-state index in [4.69, 9.17) is 0 Å². The van der Waals surface area contributed by atoms with E-state index in [0.717, 1.165) is 29.0 Å². The molecule has 3 aromatic rings. The first kappa shape index (κ1) is 11.0. The van der Waals surface area contributed by atoms with E-state index in [1.54, 1.807) is 0 Å². The van der Waals surface area contributed by atoms with Crippen molar-refractivity contribution in [2.45, 2.75) is 20.3 Å². The Labute approximate surface area is 106 Å². The summed E-state index contributed by atoms with van der Waals surface area (Å²) in [4.78, 5) is 4.38.